The summed E-state index contributed by atoms with van der Waals surface area (Å²) in [6.45, 7) is 0.197. The number of nitrogens with two attached hydrogens (primary N) is 1. The average Bonchev–Trinajstić information content (AvgIpc) is 3.07. The highest BCUT2D eigenvalue weighted by Crippen LogP contribution is 2.40. The standard InChI is InChI=1S/C15H16Cl2F3N3O2.C2HF3O2/c1-2-9(21)14(25)23-10-4-3-8(16)12(17)7(10)5-11(23)13(24)22-6-15(18,19)20;3-2(4,5)1(6)7/h3-4,9,11H,2,5-6,21H2,1H3,(H,22,24);(H,6,7)/t9-,11+;/m0./s1. The number of nitrogens with one attached hydrogen (secondary N) is 1. The molecule has 15 heteroatoms. The molecule has 0 aromatic heterocycles. The lowest BCUT2D eigenvalue weighted by Gasteiger charge is -2.27. The fourth-order valence-electron chi connectivity index (χ4n) is 2.60. The molecule has 0 radical (unpaired) electrons. The normalized spacial score (nSPS) is 16.6. The van der Waals surface area contributed by atoms with Crippen molar-refractivity contribution in [3.63, 3.8) is 0 Å². The molecule has 0 saturated heterocycles. The molecule has 1 heterocycles. The van der Waals surface area contributed by atoms with Crippen LogP contribution in [0.4, 0.5) is 32.0 Å². The molecule has 0 saturated carbocycles. The molecule has 1 aromatic rings. The maximum Gasteiger partial charge on any atom is 0.490 e. The van der Waals surface area contributed by atoms with Crippen LogP contribution in [0, 0.1) is 0 Å². The fourth-order valence-corrected chi connectivity index (χ4v) is 3.01. The number of alkyl halides is 6. The maximum atomic E-state index is 12.6. The largest absolute Gasteiger partial charge is 0.490 e. The number of hydrogen-bond acceptors (Lipinski definition) is 4. The van der Waals surface area contributed by atoms with Crippen molar-refractivity contribution in [3.8, 4) is 0 Å². The van der Waals surface area contributed by atoms with Gasteiger partial charge in [0.25, 0.3) is 0 Å². The third kappa shape index (κ3) is 7.14. The van der Waals surface area contributed by atoms with Crippen molar-refractivity contribution in [1.29, 1.82) is 0 Å². The fraction of sp³-hybridized carbons (Fsp3) is 0.471. The highest BCUT2D eigenvalue weighted by atomic mass is 35.5. The van der Waals surface area contributed by atoms with Gasteiger partial charge in [-0.25, -0.2) is 4.79 Å². The number of carboxylic acids is 1. The molecule has 0 spiro atoms. The summed E-state index contributed by atoms with van der Waals surface area (Å²) < 4.78 is 68.8. The summed E-state index contributed by atoms with van der Waals surface area (Å²) in [6.07, 6.45) is -9.37. The lowest BCUT2D eigenvalue weighted by Crippen LogP contribution is -2.53. The number of carbonyl (C=O) groups is 3. The van der Waals surface area contributed by atoms with E-state index in [2.05, 4.69) is 0 Å². The van der Waals surface area contributed by atoms with Gasteiger partial charge in [0.2, 0.25) is 11.8 Å². The Hall–Kier alpha value is -2.25. The van der Waals surface area contributed by atoms with Crippen molar-refractivity contribution in [2.45, 2.75) is 44.2 Å². The quantitative estimate of drug-likeness (QED) is 0.537. The van der Waals surface area contributed by atoms with Gasteiger partial charge in [-0.15, -0.1) is 0 Å². The van der Waals surface area contributed by atoms with Gasteiger partial charge in [0, 0.05) is 12.1 Å². The molecule has 7 nitrogen and oxygen atoms in total. The van der Waals surface area contributed by atoms with Crippen molar-refractivity contribution in [1.82, 2.24) is 5.32 Å². The molecule has 1 aromatic carbocycles. The summed E-state index contributed by atoms with van der Waals surface area (Å²) in [5.74, 6) is -4.25. The van der Waals surface area contributed by atoms with Crippen molar-refractivity contribution >= 4 is 46.7 Å². The van der Waals surface area contributed by atoms with E-state index in [-0.39, 0.29) is 16.5 Å². The first kappa shape index (κ1) is 27.8. The van der Waals surface area contributed by atoms with Crippen molar-refractivity contribution in [2.24, 2.45) is 5.73 Å². The third-order valence-corrected chi connectivity index (χ3v) is 4.99. The molecule has 180 valence electrons. The minimum Gasteiger partial charge on any atom is -0.475 e. The zero-order valence-corrected chi connectivity index (χ0v) is 17.7. The number of nitrogens with zero attached hydrogens (tertiary/aromatic N) is 1. The number of anilines is 1. The van der Waals surface area contributed by atoms with Gasteiger partial charge in [-0.05, 0) is 24.1 Å². The Bertz CT molecular complexity index is 879. The molecular formula is C17H17Cl2F6N3O4. The van der Waals surface area contributed by atoms with Gasteiger partial charge in [0.15, 0.2) is 0 Å². The molecule has 0 aliphatic carbocycles. The van der Waals surface area contributed by atoms with Crippen molar-refractivity contribution < 1.29 is 45.8 Å². The summed E-state index contributed by atoms with van der Waals surface area (Å²) in [5, 5.41) is 9.31. The molecule has 4 N–H and O–H groups in total. The first-order valence-electron chi connectivity index (χ1n) is 8.71. The van der Waals surface area contributed by atoms with E-state index in [0.717, 1.165) is 4.90 Å². The molecule has 2 rings (SSSR count). The molecule has 2 atom stereocenters. The first-order valence-corrected chi connectivity index (χ1v) is 9.46. The maximum absolute atomic E-state index is 12.6. The van der Waals surface area contributed by atoms with Gasteiger partial charge in [-0.3, -0.25) is 14.5 Å². The van der Waals surface area contributed by atoms with Crippen LogP contribution in [0.2, 0.25) is 10.0 Å². The first-order chi connectivity index (χ1) is 14.5. The SMILES string of the molecule is CC[C@H](N)C(=O)N1c2ccc(Cl)c(Cl)c2C[C@@H]1C(=O)NCC(F)(F)F.O=C(O)C(F)(F)F. The van der Waals surface area contributed by atoms with Gasteiger partial charge in [0.1, 0.15) is 12.6 Å². The predicted molar refractivity (Wildman–Crippen MR) is 102 cm³/mol. The molecule has 2 amide bonds. The van der Waals surface area contributed by atoms with Crippen LogP contribution in [0.1, 0.15) is 18.9 Å². The van der Waals surface area contributed by atoms with Gasteiger partial charge in [-0.2, -0.15) is 26.3 Å². The Morgan fingerprint density at radius 1 is 1.22 bits per heavy atom. The van der Waals surface area contributed by atoms with Gasteiger partial charge >= 0.3 is 18.3 Å². The Kier molecular flexibility index (Phi) is 9.18. The second kappa shape index (κ2) is 10.6. The monoisotopic (exact) mass is 511 g/mol. The highest BCUT2D eigenvalue weighted by Gasteiger charge is 2.42. The minimum absolute atomic E-state index is 0.0411. The van der Waals surface area contributed by atoms with E-state index < -0.39 is 48.8 Å². The second-order valence-electron chi connectivity index (χ2n) is 6.44. The van der Waals surface area contributed by atoms with Gasteiger partial charge < -0.3 is 16.2 Å². The van der Waals surface area contributed by atoms with Crippen LogP contribution in [-0.4, -0.2) is 53.9 Å². The number of rotatable bonds is 4. The topological polar surface area (TPSA) is 113 Å². The molecule has 1 aliphatic rings. The van der Waals surface area contributed by atoms with Crippen molar-refractivity contribution in [2.75, 3.05) is 11.4 Å². The summed E-state index contributed by atoms with van der Waals surface area (Å²) in [4.78, 5) is 34.8. The number of fused-ring (bicyclic) bond motifs is 1. The van der Waals surface area contributed by atoms with E-state index in [4.69, 9.17) is 38.8 Å². The van der Waals surface area contributed by atoms with E-state index in [1.54, 1.807) is 12.2 Å². The lowest BCUT2D eigenvalue weighted by atomic mass is 10.1. The number of aliphatic carboxylic acids is 1. The molecule has 1 aliphatic heterocycles. The summed E-state index contributed by atoms with van der Waals surface area (Å²) in [5.41, 5.74) is 6.52. The van der Waals surface area contributed by atoms with Crippen LogP contribution in [0.3, 0.4) is 0 Å². The van der Waals surface area contributed by atoms with Crippen molar-refractivity contribution in [3.05, 3.63) is 27.7 Å². The second-order valence-corrected chi connectivity index (χ2v) is 7.22. The molecular weight excluding hydrogens is 495 g/mol. The van der Waals surface area contributed by atoms with E-state index in [9.17, 15) is 35.9 Å². The Labute approximate surface area is 187 Å². The lowest BCUT2D eigenvalue weighted by molar-refractivity contribution is -0.192. The highest BCUT2D eigenvalue weighted by molar-refractivity contribution is 6.43. The summed E-state index contributed by atoms with van der Waals surface area (Å²) in [7, 11) is 0. The number of carbonyl (C=O) groups excluding carboxylic acids is 2. The van der Waals surface area contributed by atoms with E-state index >= 15 is 0 Å². The van der Waals surface area contributed by atoms with Crippen LogP contribution in [0.15, 0.2) is 12.1 Å². The number of carboxylic acid groups (broad SMARTS) is 1. The number of hydrogen-bond donors (Lipinski definition) is 3. The number of amides is 2. The van der Waals surface area contributed by atoms with Crippen LogP contribution in [0.5, 0.6) is 0 Å². The van der Waals surface area contributed by atoms with Crippen LogP contribution >= 0.6 is 23.2 Å². The smallest absolute Gasteiger partial charge is 0.475 e. The van der Waals surface area contributed by atoms with E-state index in [1.165, 1.54) is 12.1 Å². The Morgan fingerprint density at radius 2 is 1.75 bits per heavy atom. The van der Waals surface area contributed by atoms with E-state index in [1.807, 2.05) is 0 Å². The number of benzene rings is 1. The molecule has 0 unspecified atom stereocenters. The predicted octanol–water partition coefficient (Wildman–Crippen LogP) is 3.30. The molecule has 0 fully saturated rings. The van der Waals surface area contributed by atoms with Gasteiger partial charge in [0.05, 0.1) is 16.1 Å². The molecule has 0 bridgehead atoms. The zero-order valence-electron chi connectivity index (χ0n) is 16.2. The van der Waals surface area contributed by atoms with Crippen LogP contribution in [-0.2, 0) is 20.8 Å². The van der Waals surface area contributed by atoms with Gasteiger partial charge in [-0.1, -0.05) is 30.1 Å². The number of halogens is 8. The molecule has 32 heavy (non-hydrogen) atoms. The zero-order chi connectivity index (χ0) is 25.0. The summed E-state index contributed by atoms with van der Waals surface area (Å²) >= 11 is 12.1. The Balaban J connectivity index is 0.000000633. The summed E-state index contributed by atoms with van der Waals surface area (Å²) in [6, 6.07) is 0.897. The Morgan fingerprint density at radius 3 is 2.19 bits per heavy atom. The minimum atomic E-state index is -5.08. The average molecular weight is 512 g/mol. The van der Waals surface area contributed by atoms with Crippen LogP contribution < -0.4 is 16.0 Å². The van der Waals surface area contributed by atoms with E-state index in [0.29, 0.717) is 17.7 Å². The third-order valence-electron chi connectivity index (χ3n) is 4.14. The van der Waals surface area contributed by atoms with Crippen LogP contribution in [0.25, 0.3) is 0 Å².